The van der Waals surface area contributed by atoms with Gasteiger partial charge in [0.15, 0.2) is 18.1 Å². The molecule has 6 nitrogen and oxygen atoms in total. The lowest BCUT2D eigenvalue weighted by atomic mass is 10.1. The summed E-state index contributed by atoms with van der Waals surface area (Å²) in [5, 5.41) is 3.42. The van der Waals surface area contributed by atoms with E-state index in [4.69, 9.17) is 44.9 Å². The standard InChI is InChI=1S/C22H19BrCl2N2O4S2/c1-11(2)27-21(29)18(33-22(27)32)8-12-6-14(23)20(17(7-12)30-3)31-10-19(28)26-13-4-5-15(24)16(25)9-13/h4-9,11H,10H2,1-3H3,(H,26,28)/b18-8-. The number of anilines is 1. The molecule has 1 fully saturated rings. The van der Waals surface area contributed by atoms with Gasteiger partial charge in [-0.3, -0.25) is 14.5 Å². The summed E-state index contributed by atoms with van der Waals surface area (Å²) >= 11 is 21.9. The van der Waals surface area contributed by atoms with Gasteiger partial charge in [-0.2, -0.15) is 0 Å². The summed E-state index contributed by atoms with van der Waals surface area (Å²) in [6.45, 7) is 3.57. The molecule has 2 aromatic carbocycles. The molecule has 1 aliphatic heterocycles. The lowest BCUT2D eigenvalue weighted by Crippen LogP contribution is -2.34. The summed E-state index contributed by atoms with van der Waals surface area (Å²) in [6, 6.07) is 8.26. The van der Waals surface area contributed by atoms with Crippen molar-refractivity contribution in [2.24, 2.45) is 0 Å². The Morgan fingerprint density at radius 2 is 2.00 bits per heavy atom. The predicted octanol–water partition coefficient (Wildman–Crippen LogP) is 6.39. The lowest BCUT2D eigenvalue weighted by molar-refractivity contribution is -0.123. The van der Waals surface area contributed by atoms with Crippen LogP contribution in [0.1, 0.15) is 19.4 Å². The van der Waals surface area contributed by atoms with Crippen LogP contribution in [0.25, 0.3) is 6.08 Å². The first-order valence-electron chi connectivity index (χ1n) is 9.63. The highest BCUT2D eigenvalue weighted by Crippen LogP contribution is 2.39. The van der Waals surface area contributed by atoms with Crippen molar-refractivity contribution in [3.63, 3.8) is 0 Å². The highest BCUT2D eigenvalue weighted by Gasteiger charge is 2.33. The number of nitrogens with zero attached hydrogens (tertiary/aromatic N) is 1. The fourth-order valence-corrected chi connectivity index (χ4v) is 5.34. The monoisotopic (exact) mass is 588 g/mol. The molecule has 1 heterocycles. The molecule has 33 heavy (non-hydrogen) atoms. The number of hydrogen-bond donors (Lipinski definition) is 1. The third-order valence-corrected chi connectivity index (χ3v) is 7.10. The highest BCUT2D eigenvalue weighted by molar-refractivity contribution is 9.10. The second-order valence-electron chi connectivity index (χ2n) is 7.15. The second kappa shape index (κ2) is 11.1. The Balaban J connectivity index is 1.74. The van der Waals surface area contributed by atoms with Crippen LogP contribution in [0.5, 0.6) is 11.5 Å². The quantitative estimate of drug-likeness (QED) is 0.298. The average Bonchev–Trinajstić information content (AvgIpc) is 3.02. The number of ether oxygens (including phenoxy) is 2. The number of carbonyl (C=O) groups excluding carboxylic acids is 2. The van der Waals surface area contributed by atoms with Crippen LogP contribution in [-0.2, 0) is 9.59 Å². The molecule has 2 aromatic rings. The minimum atomic E-state index is -0.385. The van der Waals surface area contributed by atoms with Crippen LogP contribution in [0.15, 0.2) is 39.7 Å². The van der Waals surface area contributed by atoms with Crippen molar-refractivity contribution < 1.29 is 19.1 Å². The molecule has 1 aliphatic rings. The Hall–Kier alpha value is -1.78. The number of benzene rings is 2. The predicted molar refractivity (Wildman–Crippen MR) is 141 cm³/mol. The zero-order valence-corrected chi connectivity index (χ0v) is 22.5. The Kier molecular flexibility index (Phi) is 8.69. The van der Waals surface area contributed by atoms with Crippen molar-refractivity contribution in [2.45, 2.75) is 19.9 Å². The van der Waals surface area contributed by atoms with Gasteiger partial charge < -0.3 is 14.8 Å². The fraction of sp³-hybridized carbons (Fsp3) is 0.227. The second-order valence-corrected chi connectivity index (χ2v) is 10.5. The number of halogens is 3. The van der Waals surface area contributed by atoms with Crippen molar-refractivity contribution in [2.75, 3.05) is 19.0 Å². The van der Waals surface area contributed by atoms with Gasteiger partial charge in [-0.05, 0) is 71.7 Å². The summed E-state index contributed by atoms with van der Waals surface area (Å²) in [7, 11) is 1.49. The number of hydrogen-bond acceptors (Lipinski definition) is 6. The van der Waals surface area contributed by atoms with Gasteiger partial charge in [0, 0.05) is 11.7 Å². The molecule has 2 amide bonds. The van der Waals surface area contributed by atoms with Crippen LogP contribution in [0.3, 0.4) is 0 Å². The number of nitrogens with one attached hydrogen (secondary N) is 1. The number of rotatable bonds is 7. The first-order chi connectivity index (χ1) is 15.6. The molecule has 0 radical (unpaired) electrons. The van der Waals surface area contributed by atoms with Crippen LogP contribution in [-0.4, -0.2) is 40.8 Å². The number of amides is 2. The Labute approximate surface area is 219 Å². The van der Waals surface area contributed by atoms with Crippen molar-refractivity contribution >= 4 is 91.0 Å². The van der Waals surface area contributed by atoms with Gasteiger partial charge in [0.25, 0.3) is 11.8 Å². The molecule has 0 unspecified atom stereocenters. The molecule has 0 saturated carbocycles. The van der Waals surface area contributed by atoms with E-state index in [1.54, 1.807) is 41.3 Å². The van der Waals surface area contributed by atoms with E-state index in [1.165, 1.54) is 18.9 Å². The molecule has 0 spiro atoms. The first kappa shape index (κ1) is 25.8. The van der Waals surface area contributed by atoms with E-state index >= 15 is 0 Å². The van der Waals surface area contributed by atoms with Crippen molar-refractivity contribution in [1.29, 1.82) is 0 Å². The minimum Gasteiger partial charge on any atom is -0.493 e. The average molecular weight is 590 g/mol. The number of thioether (sulfide) groups is 1. The van der Waals surface area contributed by atoms with E-state index in [2.05, 4.69) is 21.2 Å². The molecule has 1 N–H and O–H groups in total. The summed E-state index contributed by atoms with van der Waals surface area (Å²) in [6.07, 6.45) is 1.75. The Morgan fingerprint density at radius 1 is 1.27 bits per heavy atom. The van der Waals surface area contributed by atoms with E-state index in [0.717, 1.165) is 5.56 Å². The topological polar surface area (TPSA) is 67.9 Å². The molecule has 1 saturated heterocycles. The maximum atomic E-state index is 12.7. The zero-order valence-electron chi connectivity index (χ0n) is 17.8. The molecule has 0 aliphatic carbocycles. The lowest BCUT2D eigenvalue weighted by Gasteiger charge is -2.18. The third kappa shape index (κ3) is 6.22. The fourth-order valence-electron chi connectivity index (χ4n) is 2.95. The molecule has 174 valence electrons. The Morgan fingerprint density at radius 3 is 2.61 bits per heavy atom. The maximum Gasteiger partial charge on any atom is 0.266 e. The van der Waals surface area contributed by atoms with Gasteiger partial charge in [0.1, 0.15) is 4.32 Å². The van der Waals surface area contributed by atoms with Gasteiger partial charge in [-0.25, -0.2) is 0 Å². The van der Waals surface area contributed by atoms with Crippen LogP contribution < -0.4 is 14.8 Å². The van der Waals surface area contributed by atoms with E-state index in [-0.39, 0.29) is 24.5 Å². The van der Waals surface area contributed by atoms with E-state index in [0.29, 0.717) is 40.9 Å². The van der Waals surface area contributed by atoms with Gasteiger partial charge in [-0.15, -0.1) is 0 Å². The van der Waals surface area contributed by atoms with Gasteiger partial charge in [-0.1, -0.05) is 47.2 Å². The smallest absolute Gasteiger partial charge is 0.266 e. The van der Waals surface area contributed by atoms with E-state index < -0.39 is 0 Å². The SMILES string of the molecule is COc1cc(/C=C2\SC(=S)N(C(C)C)C2=O)cc(Br)c1OCC(=O)Nc1ccc(Cl)c(Cl)c1. The third-order valence-electron chi connectivity index (χ3n) is 4.44. The van der Waals surface area contributed by atoms with E-state index in [9.17, 15) is 9.59 Å². The Bertz CT molecular complexity index is 1160. The van der Waals surface area contributed by atoms with Crippen molar-refractivity contribution in [3.8, 4) is 11.5 Å². The highest BCUT2D eigenvalue weighted by atomic mass is 79.9. The van der Waals surface area contributed by atoms with Gasteiger partial charge in [0.2, 0.25) is 0 Å². The van der Waals surface area contributed by atoms with Crippen molar-refractivity contribution in [3.05, 3.63) is 55.3 Å². The molecule has 11 heteroatoms. The largest absolute Gasteiger partial charge is 0.493 e. The first-order valence-corrected chi connectivity index (χ1v) is 12.4. The van der Waals surface area contributed by atoms with Crippen LogP contribution in [0.2, 0.25) is 10.0 Å². The number of carbonyl (C=O) groups is 2. The van der Waals surface area contributed by atoms with Crippen LogP contribution in [0, 0.1) is 0 Å². The molecule has 0 bridgehead atoms. The van der Waals surface area contributed by atoms with Crippen LogP contribution in [0.4, 0.5) is 5.69 Å². The van der Waals surface area contributed by atoms with Crippen LogP contribution >= 0.6 is 63.1 Å². The minimum absolute atomic E-state index is 0.0181. The normalized spacial score (nSPS) is 14.9. The summed E-state index contributed by atoms with van der Waals surface area (Å²) in [5.74, 6) is 0.240. The number of thiocarbonyl (C=S) groups is 1. The molecular weight excluding hydrogens is 571 g/mol. The molecule has 0 aromatic heterocycles. The van der Waals surface area contributed by atoms with E-state index in [1.807, 2.05) is 13.8 Å². The number of methoxy groups -OCH3 is 1. The summed E-state index contributed by atoms with van der Waals surface area (Å²) < 4.78 is 12.2. The molecule has 3 rings (SSSR count). The molecule has 0 atom stereocenters. The zero-order chi connectivity index (χ0) is 24.3. The van der Waals surface area contributed by atoms with Gasteiger partial charge in [0.05, 0.1) is 26.5 Å². The summed E-state index contributed by atoms with van der Waals surface area (Å²) in [5.41, 5.74) is 1.22. The molecular formula is C22H19BrCl2N2O4S2. The summed E-state index contributed by atoms with van der Waals surface area (Å²) in [4.78, 5) is 27.1. The maximum absolute atomic E-state index is 12.7. The van der Waals surface area contributed by atoms with Gasteiger partial charge >= 0.3 is 0 Å². The van der Waals surface area contributed by atoms with Crippen molar-refractivity contribution in [1.82, 2.24) is 4.90 Å².